The fraction of sp³-hybridized carbons (Fsp3) is 0.278. The van der Waals surface area contributed by atoms with E-state index in [4.69, 9.17) is 19.5 Å². The average Bonchev–Trinajstić information content (AvgIpc) is 2.60. The van der Waals surface area contributed by atoms with E-state index in [2.05, 4.69) is 0 Å². The van der Waals surface area contributed by atoms with Gasteiger partial charge in [-0.25, -0.2) is 0 Å². The quantitative estimate of drug-likeness (QED) is 0.755. The number of halogens is 3. The fourth-order valence-electron chi connectivity index (χ4n) is 2.13. The molecule has 0 aromatic heterocycles. The molecule has 7 heteroatoms. The number of nitriles is 1. The van der Waals surface area contributed by atoms with Crippen molar-refractivity contribution in [1.82, 2.24) is 0 Å². The Balaban J connectivity index is 2.12. The Hall–Kier alpha value is -2.72. The van der Waals surface area contributed by atoms with Gasteiger partial charge in [-0.3, -0.25) is 0 Å². The molecule has 0 saturated carbocycles. The van der Waals surface area contributed by atoms with Crippen LogP contribution in [0.25, 0.3) is 0 Å². The molecule has 2 rings (SSSR count). The smallest absolute Gasteiger partial charge is 0.417 e. The Morgan fingerprint density at radius 1 is 1.04 bits per heavy atom. The lowest BCUT2D eigenvalue weighted by Gasteiger charge is -2.20. The first-order chi connectivity index (χ1) is 11.9. The third kappa shape index (κ3) is 5.40. The Bertz CT molecular complexity index is 727. The number of alkyl halides is 3. The molecule has 0 amide bonds. The summed E-state index contributed by atoms with van der Waals surface area (Å²) in [6, 6.07) is 13.7. The number of methoxy groups -OCH3 is 1. The molecule has 0 heterocycles. The number of ether oxygens (including phenoxy) is 3. The number of nitrogens with zero attached hydrogens (tertiary/aromatic N) is 1. The van der Waals surface area contributed by atoms with Gasteiger partial charge in [-0.1, -0.05) is 18.2 Å². The molecule has 0 fully saturated rings. The summed E-state index contributed by atoms with van der Waals surface area (Å²) in [5.74, 6) is 0.605. The Morgan fingerprint density at radius 2 is 1.76 bits per heavy atom. The molecule has 0 bridgehead atoms. The maximum atomic E-state index is 13.0. The Labute approximate surface area is 143 Å². The second-order valence-corrected chi connectivity index (χ2v) is 5.14. The maximum absolute atomic E-state index is 13.0. The van der Waals surface area contributed by atoms with Gasteiger partial charge in [-0.05, 0) is 30.3 Å². The zero-order valence-electron chi connectivity index (χ0n) is 13.4. The fourth-order valence-corrected chi connectivity index (χ4v) is 2.13. The molecule has 2 aromatic rings. The van der Waals surface area contributed by atoms with Gasteiger partial charge in [0.2, 0.25) is 0 Å². The van der Waals surface area contributed by atoms with Gasteiger partial charge < -0.3 is 14.2 Å². The van der Waals surface area contributed by atoms with Gasteiger partial charge in [0.1, 0.15) is 18.1 Å². The Morgan fingerprint density at radius 3 is 2.36 bits per heavy atom. The van der Waals surface area contributed by atoms with Crippen molar-refractivity contribution in [1.29, 1.82) is 5.26 Å². The van der Waals surface area contributed by atoms with Crippen LogP contribution in [0.4, 0.5) is 13.2 Å². The van der Waals surface area contributed by atoms with Gasteiger partial charge >= 0.3 is 6.18 Å². The summed E-state index contributed by atoms with van der Waals surface area (Å²) in [4.78, 5) is 0. The molecule has 0 aliphatic heterocycles. The van der Waals surface area contributed by atoms with Crippen LogP contribution < -0.4 is 9.47 Å². The molecule has 25 heavy (non-hydrogen) atoms. The molecular formula is C18H16F3NO3. The maximum Gasteiger partial charge on any atom is 0.417 e. The van der Waals surface area contributed by atoms with Crippen molar-refractivity contribution in [2.45, 2.75) is 12.3 Å². The summed E-state index contributed by atoms with van der Waals surface area (Å²) in [6.07, 6.45) is -5.25. The molecule has 132 valence electrons. The molecule has 2 aromatic carbocycles. The summed E-state index contributed by atoms with van der Waals surface area (Å²) >= 11 is 0. The van der Waals surface area contributed by atoms with Gasteiger partial charge in [0.15, 0.2) is 6.10 Å². The van der Waals surface area contributed by atoms with Crippen LogP contribution in [0.1, 0.15) is 11.1 Å². The van der Waals surface area contributed by atoms with Crippen molar-refractivity contribution in [2.24, 2.45) is 0 Å². The molecule has 0 aliphatic carbocycles. The lowest BCUT2D eigenvalue weighted by Crippen LogP contribution is -2.29. The molecule has 0 saturated heterocycles. The summed E-state index contributed by atoms with van der Waals surface area (Å²) < 4.78 is 55.2. The van der Waals surface area contributed by atoms with E-state index in [1.165, 1.54) is 19.2 Å². The molecule has 0 unspecified atom stereocenters. The highest BCUT2D eigenvalue weighted by atomic mass is 19.4. The van der Waals surface area contributed by atoms with Crippen LogP contribution in [0.2, 0.25) is 0 Å². The van der Waals surface area contributed by atoms with Crippen LogP contribution in [-0.4, -0.2) is 26.4 Å². The lowest BCUT2D eigenvalue weighted by atomic mass is 10.1. The predicted octanol–water partition coefficient (Wildman–Crippen LogP) is 4.05. The molecular weight excluding hydrogens is 335 g/mol. The standard InChI is InChI=1S/C18H16F3NO3/c1-23-11-16(12-24-14-5-3-2-4-6-14)25-15-8-7-13(10-22)17(9-15)18(19,20)21/h2-9,16H,11-12H2,1H3/t16-/m1/s1. The summed E-state index contributed by atoms with van der Waals surface area (Å²) in [7, 11) is 1.46. The number of para-hydroxylation sites is 1. The van der Waals surface area contributed by atoms with E-state index < -0.39 is 23.4 Å². The third-order valence-corrected chi connectivity index (χ3v) is 3.25. The highest BCUT2D eigenvalue weighted by Crippen LogP contribution is 2.34. The van der Waals surface area contributed by atoms with Crippen LogP contribution in [0.3, 0.4) is 0 Å². The molecule has 0 aliphatic rings. The van der Waals surface area contributed by atoms with E-state index in [0.29, 0.717) is 5.75 Å². The number of benzene rings is 2. The van der Waals surface area contributed by atoms with Gasteiger partial charge in [0.25, 0.3) is 0 Å². The highest BCUT2D eigenvalue weighted by molar-refractivity contribution is 5.44. The third-order valence-electron chi connectivity index (χ3n) is 3.25. The number of hydrogen-bond donors (Lipinski definition) is 0. The van der Waals surface area contributed by atoms with Crippen LogP contribution in [0, 0.1) is 11.3 Å². The molecule has 0 radical (unpaired) electrons. The van der Waals surface area contributed by atoms with E-state index in [1.807, 2.05) is 6.07 Å². The van der Waals surface area contributed by atoms with E-state index in [-0.39, 0.29) is 19.0 Å². The number of hydrogen-bond acceptors (Lipinski definition) is 4. The lowest BCUT2D eigenvalue weighted by molar-refractivity contribution is -0.137. The van der Waals surface area contributed by atoms with Crippen LogP contribution in [-0.2, 0) is 10.9 Å². The first kappa shape index (κ1) is 18.6. The van der Waals surface area contributed by atoms with Crippen molar-refractivity contribution in [3.63, 3.8) is 0 Å². The van der Waals surface area contributed by atoms with Gasteiger partial charge in [0, 0.05) is 7.11 Å². The van der Waals surface area contributed by atoms with Crippen molar-refractivity contribution in [2.75, 3.05) is 20.3 Å². The SMILES string of the molecule is COC[C@H](COc1ccccc1)Oc1ccc(C#N)c(C(F)(F)F)c1. The first-order valence-corrected chi connectivity index (χ1v) is 7.39. The average molecular weight is 351 g/mol. The normalized spacial score (nSPS) is 12.3. The molecule has 4 nitrogen and oxygen atoms in total. The summed E-state index contributed by atoms with van der Waals surface area (Å²) in [5, 5.41) is 8.82. The van der Waals surface area contributed by atoms with Gasteiger partial charge in [-0.2, -0.15) is 18.4 Å². The first-order valence-electron chi connectivity index (χ1n) is 7.39. The van der Waals surface area contributed by atoms with E-state index in [9.17, 15) is 13.2 Å². The minimum atomic E-state index is -4.64. The zero-order valence-corrected chi connectivity index (χ0v) is 13.4. The monoisotopic (exact) mass is 351 g/mol. The van der Waals surface area contributed by atoms with Crippen molar-refractivity contribution < 1.29 is 27.4 Å². The summed E-state index contributed by atoms with van der Waals surface area (Å²) in [5.41, 5.74) is -1.49. The molecule has 0 spiro atoms. The summed E-state index contributed by atoms with van der Waals surface area (Å²) in [6.45, 7) is 0.230. The van der Waals surface area contributed by atoms with Crippen molar-refractivity contribution in [3.8, 4) is 17.6 Å². The van der Waals surface area contributed by atoms with Crippen LogP contribution >= 0.6 is 0 Å². The van der Waals surface area contributed by atoms with Crippen molar-refractivity contribution in [3.05, 3.63) is 59.7 Å². The molecule has 1 atom stereocenters. The number of rotatable bonds is 7. The predicted molar refractivity (Wildman–Crippen MR) is 84.4 cm³/mol. The van der Waals surface area contributed by atoms with E-state index in [0.717, 1.165) is 12.1 Å². The second kappa shape index (κ2) is 8.40. The highest BCUT2D eigenvalue weighted by Gasteiger charge is 2.34. The van der Waals surface area contributed by atoms with E-state index >= 15 is 0 Å². The largest absolute Gasteiger partial charge is 0.490 e. The van der Waals surface area contributed by atoms with E-state index in [1.54, 1.807) is 24.3 Å². The van der Waals surface area contributed by atoms with Crippen molar-refractivity contribution >= 4 is 0 Å². The van der Waals surface area contributed by atoms with Crippen LogP contribution in [0.15, 0.2) is 48.5 Å². The Kier molecular flexibility index (Phi) is 6.25. The minimum Gasteiger partial charge on any atom is -0.490 e. The van der Waals surface area contributed by atoms with Gasteiger partial charge in [-0.15, -0.1) is 0 Å². The van der Waals surface area contributed by atoms with Gasteiger partial charge in [0.05, 0.1) is 23.8 Å². The zero-order chi connectivity index (χ0) is 18.3. The van der Waals surface area contributed by atoms with Crippen LogP contribution in [0.5, 0.6) is 11.5 Å². The topological polar surface area (TPSA) is 51.5 Å². The second-order valence-electron chi connectivity index (χ2n) is 5.14. The molecule has 0 N–H and O–H groups in total. The minimum absolute atomic E-state index is 0.00923.